The topological polar surface area (TPSA) is 110 Å². The van der Waals surface area contributed by atoms with Crippen LogP contribution >= 0.6 is 11.3 Å². The Morgan fingerprint density at radius 3 is 2.83 bits per heavy atom. The maximum Gasteiger partial charge on any atom is 0.388 e. The number of nitrogens with one attached hydrogen (secondary N) is 2. The highest BCUT2D eigenvalue weighted by molar-refractivity contribution is 7.17. The van der Waals surface area contributed by atoms with Crippen LogP contribution in [0.25, 0.3) is 0 Å². The quantitative estimate of drug-likeness (QED) is 0.504. The van der Waals surface area contributed by atoms with Gasteiger partial charge in [0, 0.05) is 30.5 Å². The van der Waals surface area contributed by atoms with Gasteiger partial charge in [0.15, 0.2) is 5.82 Å². The van der Waals surface area contributed by atoms with Gasteiger partial charge in [0.05, 0.1) is 17.6 Å². The molecule has 3 aliphatic rings. The number of anilines is 1. The number of ether oxygens (including phenoxy) is 1. The zero-order valence-corrected chi connectivity index (χ0v) is 20.0. The largest absolute Gasteiger partial charge is 0.415 e. The van der Waals surface area contributed by atoms with Crippen LogP contribution in [0.1, 0.15) is 52.9 Å². The number of nitrogens with zero attached hydrogens (tertiary/aromatic N) is 4. The molecule has 2 amide bonds. The summed E-state index contributed by atoms with van der Waals surface area (Å²) >= 11 is 1.48. The lowest BCUT2D eigenvalue weighted by Gasteiger charge is -2.18. The fraction of sp³-hybridized carbons (Fsp3) is 0.565. The first-order valence-corrected chi connectivity index (χ1v) is 12.6. The molecule has 2 aromatic heterocycles. The number of rotatable bonds is 9. The molecule has 186 valence electrons. The summed E-state index contributed by atoms with van der Waals surface area (Å²) < 4.78 is 30.4. The summed E-state index contributed by atoms with van der Waals surface area (Å²) in [4.78, 5) is 35.2. The van der Waals surface area contributed by atoms with Crippen molar-refractivity contribution in [3.05, 3.63) is 22.1 Å². The molecule has 2 saturated carbocycles. The molecule has 1 unspecified atom stereocenters. The number of hydrogen-bond donors (Lipinski definition) is 2. The second kappa shape index (κ2) is 9.87. The average molecular weight is 505 g/mol. The van der Waals surface area contributed by atoms with E-state index in [0.29, 0.717) is 29.4 Å². The van der Waals surface area contributed by atoms with E-state index in [2.05, 4.69) is 36.5 Å². The van der Waals surface area contributed by atoms with Crippen LogP contribution in [0.3, 0.4) is 0 Å². The Balaban J connectivity index is 1.33. The fourth-order valence-electron chi connectivity index (χ4n) is 4.06. The number of fused-ring (bicyclic) bond motifs is 1. The van der Waals surface area contributed by atoms with Crippen molar-refractivity contribution < 1.29 is 23.1 Å². The van der Waals surface area contributed by atoms with Gasteiger partial charge in [-0.05, 0) is 56.4 Å². The van der Waals surface area contributed by atoms with Crippen LogP contribution in [0.2, 0.25) is 0 Å². The van der Waals surface area contributed by atoms with Crippen LogP contribution in [0, 0.1) is 11.8 Å². The van der Waals surface area contributed by atoms with Crippen molar-refractivity contribution in [3.63, 3.8) is 0 Å². The van der Waals surface area contributed by atoms with Crippen LogP contribution in [-0.4, -0.2) is 46.8 Å². The molecule has 3 aliphatic carbocycles. The van der Waals surface area contributed by atoms with Crippen molar-refractivity contribution in [2.45, 2.75) is 57.6 Å². The molecule has 0 saturated heterocycles. The first-order valence-electron chi connectivity index (χ1n) is 11.8. The van der Waals surface area contributed by atoms with Crippen LogP contribution in [0.4, 0.5) is 19.6 Å². The third kappa shape index (κ3) is 5.76. The molecular weight excluding hydrogens is 478 g/mol. The SMILES string of the molecule is Cn1nc(OC(F)F)cc1N=C=NC1CCc2sc(NC(=O)C3CC3)c(C(=O)NCC3CC3)c2C1. The zero-order chi connectivity index (χ0) is 24.5. The normalized spacial score (nSPS) is 19.0. The molecule has 2 aromatic rings. The molecule has 9 nitrogen and oxygen atoms in total. The third-order valence-corrected chi connectivity index (χ3v) is 7.55. The van der Waals surface area contributed by atoms with Gasteiger partial charge in [-0.15, -0.1) is 16.4 Å². The molecule has 0 aromatic carbocycles. The Labute approximate surface area is 204 Å². The van der Waals surface area contributed by atoms with Gasteiger partial charge in [-0.3, -0.25) is 9.59 Å². The summed E-state index contributed by atoms with van der Waals surface area (Å²) in [5, 5.41) is 10.5. The van der Waals surface area contributed by atoms with Gasteiger partial charge in [-0.25, -0.2) is 9.67 Å². The molecule has 12 heteroatoms. The number of thiophene rings is 1. The molecular formula is C23H26F2N6O3S. The lowest BCUT2D eigenvalue weighted by Crippen LogP contribution is -2.28. The standard InChI is InChI=1S/C23H26F2N6O3S/c1-31-17(9-18(30-31)34-23(24)25)28-11-27-14-6-7-16-15(8-14)19(21(33)26-10-12-2-3-12)22(35-16)29-20(32)13-4-5-13/h9,12-14,23H,2-8,10H2,1H3,(H,26,33)(H,29,32). The summed E-state index contributed by atoms with van der Waals surface area (Å²) in [5.74, 6) is 0.467. The summed E-state index contributed by atoms with van der Waals surface area (Å²) in [6.07, 6.45) is 6.07. The maximum atomic E-state index is 13.1. The summed E-state index contributed by atoms with van der Waals surface area (Å²) in [6, 6.07) is 3.78. The Bertz CT molecular complexity index is 1190. The minimum atomic E-state index is -2.97. The third-order valence-electron chi connectivity index (χ3n) is 6.34. The van der Waals surface area contributed by atoms with E-state index in [9.17, 15) is 18.4 Å². The number of amides is 2. The average Bonchev–Trinajstić information content (AvgIpc) is 3.73. The van der Waals surface area contributed by atoms with Crippen molar-refractivity contribution >= 4 is 40.0 Å². The molecule has 2 N–H and O–H groups in total. The smallest absolute Gasteiger partial charge is 0.388 e. The van der Waals surface area contributed by atoms with E-state index >= 15 is 0 Å². The number of hydrogen-bond acceptors (Lipinski definition) is 7. The van der Waals surface area contributed by atoms with Crippen LogP contribution in [0.15, 0.2) is 16.1 Å². The van der Waals surface area contributed by atoms with E-state index in [4.69, 9.17) is 0 Å². The highest BCUT2D eigenvalue weighted by Crippen LogP contribution is 2.40. The van der Waals surface area contributed by atoms with E-state index in [1.807, 2.05) is 0 Å². The van der Waals surface area contributed by atoms with Gasteiger partial charge in [-0.1, -0.05) is 0 Å². The van der Waals surface area contributed by atoms with Crippen molar-refractivity contribution in [3.8, 4) is 5.88 Å². The van der Waals surface area contributed by atoms with E-state index < -0.39 is 6.61 Å². The Morgan fingerprint density at radius 1 is 1.31 bits per heavy atom. The van der Waals surface area contributed by atoms with Crippen LogP contribution in [-0.2, 0) is 24.7 Å². The van der Waals surface area contributed by atoms with Crippen molar-refractivity contribution in [1.82, 2.24) is 15.1 Å². The van der Waals surface area contributed by atoms with Gasteiger partial charge >= 0.3 is 6.61 Å². The Hall–Kier alpha value is -3.11. The second-order valence-electron chi connectivity index (χ2n) is 9.21. The molecule has 1 atom stereocenters. The molecule has 0 aliphatic heterocycles. The lowest BCUT2D eigenvalue weighted by atomic mass is 9.91. The second-order valence-corrected chi connectivity index (χ2v) is 10.3. The van der Waals surface area contributed by atoms with Crippen molar-refractivity contribution in [1.29, 1.82) is 0 Å². The van der Waals surface area contributed by atoms with E-state index in [-0.39, 0.29) is 35.5 Å². The van der Waals surface area contributed by atoms with Gasteiger partial charge in [0.25, 0.3) is 5.91 Å². The monoisotopic (exact) mass is 504 g/mol. The van der Waals surface area contributed by atoms with Gasteiger partial charge in [-0.2, -0.15) is 13.8 Å². The first-order chi connectivity index (χ1) is 16.9. The number of carbonyl (C=O) groups excluding carboxylic acids is 2. The molecule has 0 radical (unpaired) electrons. The van der Waals surface area contributed by atoms with Gasteiger partial charge in [0.1, 0.15) is 5.00 Å². The summed E-state index contributed by atoms with van der Waals surface area (Å²) in [6.45, 7) is -2.32. The number of aliphatic imine (C=N–C) groups is 2. The minimum Gasteiger partial charge on any atom is -0.415 e. The number of carbonyl (C=O) groups is 2. The maximum absolute atomic E-state index is 13.1. The van der Waals surface area contributed by atoms with Crippen molar-refractivity contribution in [2.24, 2.45) is 28.9 Å². The molecule has 35 heavy (non-hydrogen) atoms. The summed E-state index contributed by atoms with van der Waals surface area (Å²) in [5.41, 5.74) is 1.47. The molecule has 2 heterocycles. The van der Waals surface area contributed by atoms with Gasteiger partial charge in [0.2, 0.25) is 11.8 Å². The Kier molecular flexibility index (Phi) is 6.66. The number of aromatic nitrogens is 2. The molecule has 0 bridgehead atoms. The summed E-state index contributed by atoms with van der Waals surface area (Å²) in [7, 11) is 1.56. The molecule has 5 rings (SSSR count). The Morgan fingerprint density at radius 2 is 2.11 bits per heavy atom. The number of halogens is 2. The number of aryl methyl sites for hydroxylation is 2. The van der Waals surface area contributed by atoms with Crippen molar-refractivity contribution in [2.75, 3.05) is 11.9 Å². The van der Waals surface area contributed by atoms with Crippen LogP contribution < -0.4 is 15.4 Å². The highest BCUT2D eigenvalue weighted by Gasteiger charge is 2.34. The van der Waals surface area contributed by atoms with Gasteiger partial charge < -0.3 is 15.4 Å². The van der Waals surface area contributed by atoms with E-state index in [0.717, 1.165) is 49.0 Å². The van der Waals surface area contributed by atoms with Crippen LogP contribution in [0.5, 0.6) is 5.88 Å². The fourth-order valence-corrected chi connectivity index (χ4v) is 5.30. The predicted molar refractivity (Wildman–Crippen MR) is 126 cm³/mol. The minimum absolute atomic E-state index is 0.0205. The predicted octanol–water partition coefficient (Wildman–Crippen LogP) is 3.93. The van der Waals surface area contributed by atoms with E-state index in [1.54, 1.807) is 7.05 Å². The lowest BCUT2D eigenvalue weighted by molar-refractivity contribution is -0.117. The zero-order valence-electron chi connectivity index (χ0n) is 19.2. The molecule has 0 spiro atoms. The van der Waals surface area contributed by atoms with E-state index in [1.165, 1.54) is 22.1 Å². The highest BCUT2D eigenvalue weighted by atomic mass is 32.1. The first kappa shape index (κ1) is 23.6. The number of alkyl halides is 2. The molecule has 2 fully saturated rings.